The van der Waals surface area contributed by atoms with Crippen LogP contribution in [0.15, 0.2) is 41.8 Å². The van der Waals surface area contributed by atoms with Crippen LogP contribution in [0.4, 0.5) is 0 Å². The Bertz CT molecular complexity index is 582. The lowest BCUT2D eigenvalue weighted by atomic mass is 10.1. The third-order valence-electron chi connectivity index (χ3n) is 2.57. The molecule has 0 bridgehead atoms. The van der Waals surface area contributed by atoms with Crippen LogP contribution in [0.1, 0.15) is 5.56 Å². The molecule has 4 N–H and O–H groups in total. The molecule has 2 aromatic rings. The van der Waals surface area contributed by atoms with Crippen molar-refractivity contribution in [2.24, 2.45) is 10.9 Å². The molecule has 0 aliphatic heterocycles. The van der Waals surface area contributed by atoms with Crippen molar-refractivity contribution < 1.29 is 15.1 Å². The Morgan fingerprint density at radius 1 is 1.15 bits per heavy atom. The first-order valence-corrected chi connectivity index (χ1v) is 5.88. The molecule has 0 fully saturated rings. The van der Waals surface area contributed by atoms with Crippen LogP contribution < -0.4 is 10.5 Å². The Hall–Kier alpha value is -2.67. The highest BCUT2D eigenvalue weighted by Gasteiger charge is 2.03. The van der Waals surface area contributed by atoms with Crippen LogP contribution in [0.3, 0.4) is 0 Å². The second-order valence-electron chi connectivity index (χ2n) is 3.89. The monoisotopic (exact) mass is 274 g/mol. The Kier molecular flexibility index (Phi) is 4.46. The number of ether oxygens (including phenoxy) is 1. The number of aromatic nitrogens is 2. The van der Waals surface area contributed by atoms with Gasteiger partial charge in [0.2, 0.25) is 0 Å². The van der Waals surface area contributed by atoms with Gasteiger partial charge in [0.25, 0.3) is 0 Å². The van der Waals surface area contributed by atoms with E-state index in [1.165, 1.54) is 0 Å². The fourth-order valence-electron chi connectivity index (χ4n) is 1.57. The zero-order valence-corrected chi connectivity index (χ0v) is 10.6. The molecule has 0 aliphatic carbocycles. The molecular formula is C13H14N4O3. The molecule has 0 radical (unpaired) electrons. The lowest BCUT2D eigenvalue weighted by Crippen LogP contribution is -2.12. The number of aliphatic hydroxyl groups excluding tert-OH is 1. The van der Waals surface area contributed by atoms with Crippen molar-refractivity contribution in [2.45, 2.75) is 0 Å². The summed E-state index contributed by atoms with van der Waals surface area (Å²) in [6.45, 7) is 0.0776. The van der Waals surface area contributed by atoms with Crippen LogP contribution in [0.25, 0.3) is 11.1 Å². The summed E-state index contributed by atoms with van der Waals surface area (Å²) in [5, 5.41) is 20.2. The SMILES string of the molecule is N/C(=N\O)c1ccc(-c2cnc(OCCO)nc2)cc1. The number of rotatable bonds is 5. The molecule has 20 heavy (non-hydrogen) atoms. The Morgan fingerprint density at radius 2 is 1.80 bits per heavy atom. The van der Waals surface area contributed by atoms with Crippen LogP contribution in [0, 0.1) is 0 Å². The number of amidine groups is 1. The van der Waals surface area contributed by atoms with Gasteiger partial charge in [0.15, 0.2) is 5.84 Å². The number of benzene rings is 1. The largest absolute Gasteiger partial charge is 0.461 e. The Balaban J connectivity index is 2.15. The summed E-state index contributed by atoms with van der Waals surface area (Å²) in [4.78, 5) is 8.07. The molecule has 0 atom stereocenters. The maximum Gasteiger partial charge on any atom is 0.316 e. The number of aliphatic hydroxyl groups is 1. The van der Waals surface area contributed by atoms with E-state index in [-0.39, 0.29) is 25.1 Å². The molecule has 1 aromatic heterocycles. The first-order valence-electron chi connectivity index (χ1n) is 5.88. The first-order chi connectivity index (χ1) is 9.74. The minimum absolute atomic E-state index is 0.0561. The highest BCUT2D eigenvalue weighted by atomic mass is 16.5. The summed E-state index contributed by atoms with van der Waals surface area (Å²) < 4.78 is 5.08. The normalized spacial score (nSPS) is 11.3. The lowest BCUT2D eigenvalue weighted by Gasteiger charge is -2.05. The van der Waals surface area contributed by atoms with E-state index in [0.717, 1.165) is 11.1 Å². The molecule has 0 unspecified atom stereocenters. The zero-order valence-electron chi connectivity index (χ0n) is 10.6. The molecule has 1 aromatic carbocycles. The lowest BCUT2D eigenvalue weighted by molar-refractivity contribution is 0.191. The Morgan fingerprint density at radius 3 is 2.35 bits per heavy atom. The van der Waals surface area contributed by atoms with Gasteiger partial charge in [-0.1, -0.05) is 29.4 Å². The molecule has 0 saturated heterocycles. The number of hydrogen-bond donors (Lipinski definition) is 3. The van der Waals surface area contributed by atoms with E-state index in [0.29, 0.717) is 5.56 Å². The molecule has 7 heteroatoms. The highest BCUT2D eigenvalue weighted by Crippen LogP contribution is 2.19. The molecule has 0 saturated carbocycles. The highest BCUT2D eigenvalue weighted by molar-refractivity contribution is 5.97. The third-order valence-corrected chi connectivity index (χ3v) is 2.57. The molecule has 2 rings (SSSR count). The molecule has 0 aliphatic rings. The summed E-state index contributed by atoms with van der Waals surface area (Å²) in [5.74, 6) is 0.0561. The minimum Gasteiger partial charge on any atom is -0.461 e. The number of nitrogens with zero attached hydrogens (tertiary/aromatic N) is 3. The number of nitrogens with two attached hydrogens (primary N) is 1. The average Bonchev–Trinajstić information content (AvgIpc) is 2.53. The average molecular weight is 274 g/mol. The van der Waals surface area contributed by atoms with Crippen molar-refractivity contribution >= 4 is 5.84 Å². The molecule has 104 valence electrons. The molecule has 1 heterocycles. The van der Waals surface area contributed by atoms with E-state index in [1.54, 1.807) is 24.5 Å². The van der Waals surface area contributed by atoms with Gasteiger partial charge in [0.05, 0.1) is 6.61 Å². The molecular weight excluding hydrogens is 260 g/mol. The molecule has 7 nitrogen and oxygen atoms in total. The van der Waals surface area contributed by atoms with Gasteiger partial charge >= 0.3 is 6.01 Å². The predicted molar refractivity (Wildman–Crippen MR) is 72.6 cm³/mol. The number of hydrogen-bond acceptors (Lipinski definition) is 6. The smallest absolute Gasteiger partial charge is 0.316 e. The van der Waals surface area contributed by atoms with Crippen molar-refractivity contribution in [1.29, 1.82) is 0 Å². The van der Waals surface area contributed by atoms with E-state index in [2.05, 4.69) is 15.1 Å². The number of oxime groups is 1. The summed E-state index contributed by atoms with van der Waals surface area (Å²) in [5.41, 5.74) is 7.82. The van der Waals surface area contributed by atoms with Gasteiger partial charge < -0.3 is 20.8 Å². The van der Waals surface area contributed by atoms with Gasteiger partial charge in [-0.3, -0.25) is 0 Å². The topological polar surface area (TPSA) is 114 Å². The second kappa shape index (κ2) is 6.48. The van der Waals surface area contributed by atoms with E-state index in [1.807, 2.05) is 12.1 Å². The van der Waals surface area contributed by atoms with Crippen LogP contribution in [0.5, 0.6) is 6.01 Å². The van der Waals surface area contributed by atoms with Crippen molar-refractivity contribution in [3.05, 3.63) is 42.2 Å². The second-order valence-corrected chi connectivity index (χ2v) is 3.89. The Labute approximate surface area is 115 Å². The zero-order chi connectivity index (χ0) is 14.4. The van der Waals surface area contributed by atoms with Crippen molar-refractivity contribution in [2.75, 3.05) is 13.2 Å². The van der Waals surface area contributed by atoms with Crippen LogP contribution >= 0.6 is 0 Å². The van der Waals surface area contributed by atoms with E-state index >= 15 is 0 Å². The maximum atomic E-state index is 8.63. The van der Waals surface area contributed by atoms with E-state index in [4.69, 9.17) is 20.8 Å². The minimum atomic E-state index is -0.0829. The van der Waals surface area contributed by atoms with Crippen LogP contribution in [-0.2, 0) is 0 Å². The fourth-order valence-corrected chi connectivity index (χ4v) is 1.57. The summed E-state index contributed by atoms with van der Waals surface area (Å²) in [6, 6.07) is 7.33. The predicted octanol–water partition coefficient (Wildman–Crippen LogP) is 0.609. The maximum absolute atomic E-state index is 8.63. The first kappa shape index (κ1) is 13.8. The van der Waals surface area contributed by atoms with Gasteiger partial charge in [0.1, 0.15) is 6.61 Å². The van der Waals surface area contributed by atoms with Gasteiger partial charge in [-0.25, -0.2) is 9.97 Å². The standard InChI is InChI=1S/C13H14N4O3/c14-12(17-19)10-3-1-9(2-4-10)11-7-15-13(16-8-11)20-6-5-18/h1-4,7-8,18-19H,5-6H2,(H2,14,17). The summed E-state index contributed by atoms with van der Waals surface area (Å²) >= 11 is 0. The quantitative estimate of drug-likeness (QED) is 0.318. The molecule has 0 amide bonds. The van der Waals surface area contributed by atoms with Crippen molar-refractivity contribution in [3.63, 3.8) is 0 Å². The van der Waals surface area contributed by atoms with Gasteiger partial charge in [-0.2, -0.15) is 0 Å². The van der Waals surface area contributed by atoms with Crippen molar-refractivity contribution in [3.8, 4) is 17.1 Å². The summed E-state index contributed by atoms with van der Waals surface area (Å²) in [6.07, 6.45) is 3.25. The molecule has 0 spiro atoms. The van der Waals surface area contributed by atoms with Gasteiger partial charge in [0, 0.05) is 23.5 Å². The van der Waals surface area contributed by atoms with E-state index in [9.17, 15) is 0 Å². The van der Waals surface area contributed by atoms with Gasteiger partial charge in [-0.15, -0.1) is 0 Å². The summed E-state index contributed by atoms with van der Waals surface area (Å²) in [7, 11) is 0. The fraction of sp³-hybridized carbons (Fsp3) is 0.154. The van der Waals surface area contributed by atoms with Gasteiger partial charge in [-0.05, 0) is 5.56 Å². The van der Waals surface area contributed by atoms with E-state index < -0.39 is 0 Å². The van der Waals surface area contributed by atoms with Crippen LogP contribution in [0.2, 0.25) is 0 Å². The van der Waals surface area contributed by atoms with Crippen LogP contribution in [-0.4, -0.2) is 39.3 Å². The van der Waals surface area contributed by atoms with Crippen molar-refractivity contribution in [1.82, 2.24) is 9.97 Å². The third kappa shape index (κ3) is 3.21.